The highest BCUT2D eigenvalue weighted by molar-refractivity contribution is 7.85. The van der Waals surface area contributed by atoms with E-state index in [0.29, 0.717) is 31.5 Å². The predicted molar refractivity (Wildman–Crippen MR) is 101 cm³/mol. The first-order valence-corrected chi connectivity index (χ1v) is 10.5. The van der Waals surface area contributed by atoms with Gasteiger partial charge in [-0.25, -0.2) is 4.79 Å². The van der Waals surface area contributed by atoms with Gasteiger partial charge >= 0.3 is 6.09 Å². The minimum atomic E-state index is -3.65. The topological polar surface area (TPSA) is 72.9 Å². The summed E-state index contributed by atoms with van der Waals surface area (Å²) in [5.41, 5.74) is 1.62. The molecule has 2 aromatic rings. The summed E-state index contributed by atoms with van der Waals surface area (Å²) >= 11 is 0. The number of likely N-dealkylation sites (tertiary alicyclic amines) is 1. The first kappa shape index (κ1) is 19.4. The molecule has 6 nitrogen and oxygen atoms in total. The van der Waals surface area contributed by atoms with Crippen LogP contribution in [0.4, 0.5) is 4.79 Å². The molecule has 0 aliphatic carbocycles. The molecule has 7 heteroatoms. The summed E-state index contributed by atoms with van der Waals surface area (Å²) in [6.07, 6.45) is 0.143. The lowest BCUT2D eigenvalue weighted by Gasteiger charge is -2.30. The summed E-state index contributed by atoms with van der Waals surface area (Å²) in [5.74, 6) is -0.146. The quantitative estimate of drug-likeness (QED) is 0.709. The molecule has 27 heavy (non-hydrogen) atoms. The molecule has 0 saturated carbocycles. The fraction of sp³-hybridized carbons (Fsp3) is 0.350. The summed E-state index contributed by atoms with van der Waals surface area (Å²) in [7, 11) is -3.65. The first-order valence-electron chi connectivity index (χ1n) is 8.92. The Kier molecular flexibility index (Phi) is 6.47. The molecule has 144 valence electrons. The van der Waals surface area contributed by atoms with Crippen LogP contribution in [-0.4, -0.2) is 38.6 Å². The highest BCUT2D eigenvalue weighted by atomic mass is 32.2. The van der Waals surface area contributed by atoms with Gasteiger partial charge < -0.3 is 9.64 Å². The monoisotopic (exact) mass is 389 g/mol. The SMILES string of the molecule is O=C(OCc1ccccc1)N1CCC(OS(=O)(=O)Cc2ccccc2)CC1. The Morgan fingerprint density at radius 1 is 0.926 bits per heavy atom. The van der Waals surface area contributed by atoms with Gasteiger partial charge in [-0.2, -0.15) is 8.42 Å². The van der Waals surface area contributed by atoms with Gasteiger partial charge in [-0.05, 0) is 24.0 Å². The molecule has 0 bridgehead atoms. The van der Waals surface area contributed by atoms with E-state index >= 15 is 0 Å². The summed E-state index contributed by atoms with van der Waals surface area (Å²) in [4.78, 5) is 13.7. The minimum Gasteiger partial charge on any atom is -0.445 e. The van der Waals surface area contributed by atoms with Crippen LogP contribution in [0.2, 0.25) is 0 Å². The smallest absolute Gasteiger partial charge is 0.410 e. The van der Waals surface area contributed by atoms with Crippen molar-refractivity contribution in [2.24, 2.45) is 0 Å². The molecular formula is C20H23NO5S. The van der Waals surface area contributed by atoms with E-state index in [1.165, 1.54) is 0 Å². The van der Waals surface area contributed by atoms with Crippen molar-refractivity contribution in [2.75, 3.05) is 13.1 Å². The summed E-state index contributed by atoms with van der Waals surface area (Å²) in [6.45, 7) is 1.06. The van der Waals surface area contributed by atoms with E-state index < -0.39 is 16.2 Å². The van der Waals surface area contributed by atoms with Crippen molar-refractivity contribution < 1.29 is 22.1 Å². The zero-order chi connectivity index (χ0) is 19.1. The van der Waals surface area contributed by atoms with Crippen LogP contribution in [0, 0.1) is 0 Å². The Morgan fingerprint density at radius 2 is 1.48 bits per heavy atom. The molecule has 0 radical (unpaired) electrons. The highest BCUT2D eigenvalue weighted by Gasteiger charge is 2.28. The van der Waals surface area contributed by atoms with Crippen molar-refractivity contribution in [3.8, 4) is 0 Å². The summed E-state index contributed by atoms with van der Waals surface area (Å²) < 4.78 is 35.1. The Bertz CT molecular complexity index is 831. The maximum Gasteiger partial charge on any atom is 0.410 e. The van der Waals surface area contributed by atoms with Gasteiger partial charge in [-0.15, -0.1) is 0 Å². The molecule has 0 atom stereocenters. The van der Waals surface area contributed by atoms with Crippen molar-refractivity contribution in [1.82, 2.24) is 4.90 Å². The standard InChI is InChI=1S/C20H23NO5S/c22-20(25-15-17-7-3-1-4-8-17)21-13-11-19(12-14-21)26-27(23,24)16-18-9-5-2-6-10-18/h1-10,19H,11-16H2. The third-order valence-corrected chi connectivity index (χ3v) is 5.63. The molecule has 3 rings (SSSR count). The molecule has 1 aliphatic heterocycles. The Balaban J connectivity index is 1.43. The van der Waals surface area contributed by atoms with Crippen LogP contribution < -0.4 is 0 Å². The molecule has 1 saturated heterocycles. The Hall–Kier alpha value is -2.38. The first-order chi connectivity index (χ1) is 13.0. The Labute approximate surface area is 159 Å². The van der Waals surface area contributed by atoms with Gasteiger partial charge in [0.15, 0.2) is 0 Å². The van der Waals surface area contributed by atoms with Gasteiger partial charge in [0.05, 0.1) is 6.10 Å². The van der Waals surface area contributed by atoms with E-state index in [4.69, 9.17) is 8.92 Å². The number of hydrogen-bond donors (Lipinski definition) is 0. The number of rotatable bonds is 6. The molecule has 1 heterocycles. The molecule has 0 spiro atoms. The number of amides is 1. The number of carbonyl (C=O) groups is 1. The lowest BCUT2D eigenvalue weighted by Crippen LogP contribution is -2.41. The Morgan fingerprint density at radius 3 is 2.07 bits per heavy atom. The average molecular weight is 389 g/mol. The van der Waals surface area contributed by atoms with Crippen molar-refractivity contribution in [3.63, 3.8) is 0 Å². The zero-order valence-corrected chi connectivity index (χ0v) is 15.8. The molecule has 2 aromatic carbocycles. The van der Waals surface area contributed by atoms with E-state index in [2.05, 4.69) is 0 Å². The summed E-state index contributed by atoms with van der Waals surface area (Å²) in [6, 6.07) is 18.4. The van der Waals surface area contributed by atoms with E-state index in [1.54, 1.807) is 29.2 Å². The predicted octanol–water partition coefficient (Wildman–Crippen LogP) is 3.33. The van der Waals surface area contributed by atoms with Crippen molar-refractivity contribution in [1.29, 1.82) is 0 Å². The number of benzene rings is 2. The molecule has 1 amide bonds. The van der Waals surface area contributed by atoms with Crippen molar-refractivity contribution >= 4 is 16.2 Å². The lowest BCUT2D eigenvalue weighted by molar-refractivity contribution is 0.0657. The third-order valence-electron chi connectivity index (χ3n) is 4.37. The average Bonchev–Trinajstić information content (AvgIpc) is 2.67. The number of piperidine rings is 1. The lowest BCUT2D eigenvalue weighted by atomic mass is 10.1. The van der Waals surface area contributed by atoms with E-state index in [1.807, 2.05) is 36.4 Å². The maximum atomic E-state index is 12.2. The van der Waals surface area contributed by atoms with Crippen LogP contribution in [0.3, 0.4) is 0 Å². The van der Waals surface area contributed by atoms with Crippen molar-refractivity contribution in [2.45, 2.75) is 31.3 Å². The summed E-state index contributed by atoms with van der Waals surface area (Å²) in [5, 5.41) is 0. The van der Waals surface area contributed by atoms with Gasteiger partial charge in [-0.3, -0.25) is 4.18 Å². The largest absolute Gasteiger partial charge is 0.445 e. The fourth-order valence-electron chi connectivity index (χ4n) is 2.96. The van der Waals surface area contributed by atoms with E-state index in [9.17, 15) is 13.2 Å². The second-order valence-electron chi connectivity index (χ2n) is 6.51. The van der Waals surface area contributed by atoms with E-state index in [-0.39, 0.29) is 18.5 Å². The van der Waals surface area contributed by atoms with Gasteiger partial charge in [-0.1, -0.05) is 60.7 Å². The molecular weight excluding hydrogens is 366 g/mol. The third kappa shape index (κ3) is 6.08. The zero-order valence-electron chi connectivity index (χ0n) is 15.0. The maximum absolute atomic E-state index is 12.2. The van der Waals surface area contributed by atoms with Crippen LogP contribution in [0.5, 0.6) is 0 Å². The number of hydrogen-bond acceptors (Lipinski definition) is 5. The van der Waals surface area contributed by atoms with Crippen LogP contribution in [-0.2, 0) is 31.4 Å². The molecule has 0 unspecified atom stereocenters. The van der Waals surface area contributed by atoms with Crippen LogP contribution in [0.15, 0.2) is 60.7 Å². The second kappa shape index (κ2) is 9.01. The van der Waals surface area contributed by atoms with Gasteiger partial charge in [0, 0.05) is 13.1 Å². The number of nitrogens with zero attached hydrogens (tertiary/aromatic N) is 1. The minimum absolute atomic E-state index is 0.146. The normalized spacial score (nSPS) is 15.5. The highest BCUT2D eigenvalue weighted by Crippen LogP contribution is 2.19. The molecule has 0 N–H and O–H groups in total. The molecule has 1 aliphatic rings. The number of ether oxygens (including phenoxy) is 1. The van der Waals surface area contributed by atoms with Gasteiger partial charge in [0.25, 0.3) is 10.1 Å². The van der Waals surface area contributed by atoms with Crippen LogP contribution in [0.25, 0.3) is 0 Å². The number of carbonyl (C=O) groups excluding carboxylic acids is 1. The van der Waals surface area contributed by atoms with Crippen LogP contribution in [0.1, 0.15) is 24.0 Å². The van der Waals surface area contributed by atoms with Gasteiger partial charge in [0.1, 0.15) is 12.4 Å². The van der Waals surface area contributed by atoms with Crippen LogP contribution >= 0.6 is 0 Å². The van der Waals surface area contributed by atoms with Crippen molar-refractivity contribution in [3.05, 3.63) is 71.8 Å². The van der Waals surface area contributed by atoms with E-state index in [0.717, 1.165) is 5.56 Å². The molecule has 0 aromatic heterocycles. The van der Waals surface area contributed by atoms with Gasteiger partial charge in [0.2, 0.25) is 0 Å². The fourth-order valence-corrected chi connectivity index (χ4v) is 4.24. The molecule has 1 fully saturated rings. The second-order valence-corrected chi connectivity index (χ2v) is 8.11.